The molecule has 0 aromatic carbocycles. The maximum absolute atomic E-state index is 12.6. The summed E-state index contributed by atoms with van der Waals surface area (Å²) in [6, 6.07) is 1.32. The second kappa shape index (κ2) is 4.23. The van der Waals surface area contributed by atoms with Crippen molar-refractivity contribution >= 4 is 5.97 Å². The minimum Gasteiger partial charge on any atom is -0.478 e. The summed E-state index contributed by atoms with van der Waals surface area (Å²) in [6.07, 6.45) is -4.85. The lowest BCUT2D eigenvalue weighted by molar-refractivity contribution is -0.208. The standard InChI is InChI=1S/C10H10F3NO3/c1-5(2)7-3-6(9(16)17)4-8(15)14(7)10(11,12)13/h3-5H,1-2H3,(H,16,17). The van der Waals surface area contributed by atoms with E-state index < -0.39 is 29.3 Å². The third kappa shape index (κ3) is 2.66. The Morgan fingerprint density at radius 3 is 2.24 bits per heavy atom. The van der Waals surface area contributed by atoms with Crippen molar-refractivity contribution < 1.29 is 23.1 Å². The number of pyridine rings is 1. The minimum atomic E-state index is -4.85. The van der Waals surface area contributed by atoms with Gasteiger partial charge in [-0.25, -0.2) is 9.36 Å². The zero-order chi connectivity index (χ0) is 13.4. The Balaban J connectivity index is 3.62. The van der Waals surface area contributed by atoms with E-state index in [1.54, 1.807) is 0 Å². The van der Waals surface area contributed by atoms with E-state index in [-0.39, 0.29) is 10.3 Å². The van der Waals surface area contributed by atoms with Crippen molar-refractivity contribution in [1.29, 1.82) is 0 Å². The van der Waals surface area contributed by atoms with Crippen LogP contribution in [0.1, 0.15) is 35.8 Å². The summed E-state index contributed by atoms with van der Waals surface area (Å²) in [6.45, 7) is 2.89. The fraction of sp³-hybridized carbons (Fsp3) is 0.400. The number of halogens is 3. The number of aromatic nitrogens is 1. The van der Waals surface area contributed by atoms with Crippen LogP contribution in [0.15, 0.2) is 16.9 Å². The van der Waals surface area contributed by atoms with Gasteiger partial charge in [0.05, 0.1) is 5.56 Å². The van der Waals surface area contributed by atoms with Crippen molar-refractivity contribution in [1.82, 2.24) is 4.57 Å². The number of aromatic carboxylic acids is 1. The van der Waals surface area contributed by atoms with Crippen molar-refractivity contribution in [3.05, 3.63) is 33.7 Å². The van der Waals surface area contributed by atoms with Gasteiger partial charge in [0.2, 0.25) is 0 Å². The second-order valence-corrected chi connectivity index (χ2v) is 3.77. The average Bonchev–Trinajstić information content (AvgIpc) is 2.13. The Morgan fingerprint density at radius 2 is 1.88 bits per heavy atom. The molecule has 1 N–H and O–H groups in total. The van der Waals surface area contributed by atoms with Gasteiger partial charge in [0.25, 0.3) is 5.56 Å². The van der Waals surface area contributed by atoms with Crippen LogP contribution in [0, 0.1) is 0 Å². The molecule has 0 aliphatic carbocycles. The Hall–Kier alpha value is -1.79. The van der Waals surface area contributed by atoms with Crippen LogP contribution >= 0.6 is 0 Å². The molecule has 1 aromatic heterocycles. The summed E-state index contributed by atoms with van der Waals surface area (Å²) < 4.78 is 37.5. The van der Waals surface area contributed by atoms with Crippen LogP contribution in [-0.4, -0.2) is 15.6 Å². The van der Waals surface area contributed by atoms with Crippen molar-refractivity contribution in [3.8, 4) is 0 Å². The predicted octanol–water partition coefficient (Wildman–Crippen LogP) is 2.15. The van der Waals surface area contributed by atoms with Crippen LogP contribution in [0.2, 0.25) is 0 Å². The lowest BCUT2D eigenvalue weighted by Gasteiger charge is -2.18. The van der Waals surface area contributed by atoms with Crippen LogP contribution in [0.3, 0.4) is 0 Å². The second-order valence-electron chi connectivity index (χ2n) is 3.77. The highest BCUT2D eigenvalue weighted by Gasteiger charge is 2.35. The Morgan fingerprint density at radius 1 is 1.35 bits per heavy atom. The number of carbonyl (C=O) groups is 1. The third-order valence-corrected chi connectivity index (χ3v) is 2.15. The van der Waals surface area contributed by atoms with E-state index in [1.165, 1.54) is 13.8 Å². The summed E-state index contributed by atoms with van der Waals surface area (Å²) in [7, 11) is 0. The van der Waals surface area contributed by atoms with Crippen LogP contribution in [-0.2, 0) is 6.30 Å². The molecule has 0 radical (unpaired) electrons. The van der Waals surface area contributed by atoms with Crippen molar-refractivity contribution in [3.63, 3.8) is 0 Å². The van der Waals surface area contributed by atoms with E-state index in [9.17, 15) is 22.8 Å². The molecule has 0 aliphatic heterocycles. The van der Waals surface area contributed by atoms with Crippen LogP contribution in [0.5, 0.6) is 0 Å². The first-order valence-corrected chi connectivity index (χ1v) is 4.72. The molecule has 17 heavy (non-hydrogen) atoms. The van der Waals surface area contributed by atoms with Crippen molar-refractivity contribution in [2.75, 3.05) is 0 Å². The van der Waals surface area contributed by atoms with Gasteiger partial charge in [0, 0.05) is 11.8 Å². The molecular formula is C10H10F3NO3. The van der Waals surface area contributed by atoms with Crippen LogP contribution < -0.4 is 5.56 Å². The van der Waals surface area contributed by atoms with Crippen LogP contribution in [0.4, 0.5) is 13.2 Å². The molecule has 0 saturated carbocycles. The first-order valence-electron chi connectivity index (χ1n) is 4.72. The maximum Gasteiger partial charge on any atom is 0.491 e. The summed E-state index contributed by atoms with van der Waals surface area (Å²) in [5.74, 6) is -2.05. The minimum absolute atomic E-state index is 0.343. The molecule has 1 rings (SSSR count). The smallest absolute Gasteiger partial charge is 0.478 e. The highest BCUT2D eigenvalue weighted by molar-refractivity contribution is 5.87. The summed E-state index contributed by atoms with van der Waals surface area (Å²) in [5, 5.41) is 8.68. The van der Waals surface area contributed by atoms with Gasteiger partial charge in [0.15, 0.2) is 0 Å². The highest BCUT2D eigenvalue weighted by Crippen LogP contribution is 2.26. The topological polar surface area (TPSA) is 59.3 Å². The third-order valence-electron chi connectivity index (χ3n) is 2.15. The summed E-state index contributed by atoms with van der Waals surface area (Å²) in [5.41, 5.74) is -2.21. The normalized spacial score (nSPS) is 11.9. The molecule has 0 saturated heterocycles. The molecule has 1 heterocycles. The highest BCUT2D eigenvalue weighted by atomic mass is 19.4. The average molecular weight is 249 g/mol. The van der Waals surface area contributed by atoms with E-state index in [0.29, 0.717) is 6.07 Å². The lowest BCUT2D eigenvalue weighted by Crippen LogP contribution is -2.34. The number of nitrogens with zero attached hydrogens (tertiary/aromatic N) is 1. The van der Waals surface area contributed by atoms with Gasteiger partial charge >= 0.3 is 12.3 Å². The van der Waals surface area contributed by atoms with E-state index >= 15 is 0 Å². The van der Waals surface area contributed by atoms with E-state index in [1.807, 2.05) is 0 Å². The van der Waals surface area contributed by atoms with Crippen molar-refractivity contribution in [2.24, 2.45) is 0 Å². The number of carboxylic acids is 1. The molecule has 0 amide bonds. The number of rotatable bonds is 2. The van der Waals surface area contributed by atoms with Crippen LogP contribution in [0.25, 0.3) is 0 Å². The van der Waals surface area contributed by atoms with E-state index in [2.05, 4.69) is 0 Å². The Labute approximate surface area is 94.3 Å². The lowest BCUT2D eigenvalue weighted by atomic mass is 10.1. The van der Waals surface area contributed by atoms with Gasteiger partial charge in [-0.3, -0.25) is 4.79 Å². The SMILES string of the molecule is CC(C)c1cc(C(=O)O)cc(=O)n1C(F)(F)F. The van der Waals surface area contributed by atoms with E-state index in [0.717, 1.165) is 6.07 Å². The fourth-order valence-electron chi connectivity index (χ4n) is 1.41. The molecule has 0 spiro atoms. The molecular weight excluding hydrogens is 239 g/mol. The zero-order valence-electron chi connectivity index (χ0n) is 9.08. The number of hydrogen-bond acceptors (Lipinski definition) is 2. The summed E-state index contributed by atoms with van der Waals surface area (Å²) >= 11 is 0. The molecule has 0 unspecified atom stereocenters. The first-order chi connectivity index (χ1) is 7.64. The van der Waals surface area contributed by atoms with Gasteiger partial charge in [0.1, 0.15) is 0 Å². The van der Waals surface area contributed by atoms with Crippen molar-refractivity contribution in [2.45, 2.75) is 26.1 Å². The maximum atomic E-state index is 12.6. The zero-order valence-corrected chi connectivity index (χ0v) is 9.08. The molecule has 0 atom stereocenters. The predicted molar refractivity (Wildman–Crippen MR) is 53.0 cm³/mol. The van der Waals surface area contributed by atoms with Gasteiger partial charge in [-0.1, -0.05) is 13.8 Å². The number of carboxylic acid groups (broad SMARTS) is 1. The Kier molecular flexibility index (Phi) is 3.30. The van der Waals surface area contributed by atoms with Gasteiger partial charge in [-0.05, 0) is 12.0 Å². The molecule has 7 heteroatoms. The van der Waals surface area contributed by atoms with Gasteiger partial charge in [-0.2, -0.15) is 0 Å². The molecule has 0 fully saturated rings. The fourth-order valence-corrected chi connectivity index (χ4v) is 1.41. The number of hydrogen-bond donors (Lipinski definition) is 1. The molecule has 0 aliphatic rings. The quantitative estimate of drug-likeness (QED) is 0.873. The van der Waals surface area contributed by atoms with Gasteiger partial charge < -0.3 is 5.11 Å². The molecule has 4 nitrogen and oxygen atoms in total. The number of alkyl halides is 3. The summed E-state index contributed by atoms with van der Waals surface area (Å²) in [4.78, 5) is 22.0. The molecule has 0 bridgehead atoms. The molecule has 1 aromatic rings. The monoisotopic (exact) mass is 249 g/mol. The van der Waals surface area contributed by atoms with E-state index in [4.69, 9.17) is 5.11 Å². The molecule has 94 valence electrons. The van der Waals surface area contributed by atoms with Gasteiger partial charge in [-0.15, -0.1) is 13.2 Å². The largest absolute Gasteiger partial charge is 0.491 e. The Bertz CT molecular complexity index is 502. The first kappa shape index (κ1) is 13.3.